The number of azide groups is 1. The second-order valence-corrected chi connectivity index (χ2v) is 3.66. The predicted octanol–water partition coefficient (Wildman–Crippen LogP) is 3.88. The van der Waals surface area contributed by atoms with Gasteiger partial charge in [0.2, 0.25) is 0 Å². The fraction of sp³-hybridized carbons (Fsp3) is 0.333. The lowest BCUT2D eigenvalue weighted by atomic mass is 10.1. The largest absolute Gasteiger partial charge is 0.0893 e. The van der Waals surface area contributed by atoms with Crippen molar-refractivity contribution in [3.63, 3.8) is 0 Å². The molecule has 0 aliphatic carbocycles. The number of hydrogen-bond donors (Lipinski definition) is 0. The molecule has 0 N–H and O–H groups in total. The first-order valence-corrected chi connectivity index (χ1v) is 4.71. The Balaban J connectivity index is 3.10. The van der Waals surface area contributed by atoms with Gasteiger partial charge in [-0.25, -0.2) is 0 Å². The number of benzene rings is 1. The van der Waals surface area contributed by atoms with Crippen LogP contribution >= 0.6 is 15.9 Å². The van der Waals surface area contributed by atoms with Crippen molar-refractivity contribution in [1.82, 2.24) is 0 Å². The van der Waals surface area contributed by atoms with Crippen LogP contribution in [0, 0.1) is 13.8 Å². The highest BCUT2D eigenvalue weighted by molar-refractivity contribution is 9.10. The molecule has 0 fully saturated rings. The molecule has 13 heavy (non-hydrogen) atoms. The van der Waals surface area contributed by atoms with Gasteiger partial charge in [-0.3, -0.25) is 0 Å². The van der Waals surface area contributed by atoms with Crippen molar-refractivity contribution in [3.8, 4) is 0 Å². The Morgan fingerprint density at radius 1 is 1.46 bits per heavy atom. The summed E-state index contributed by atoms with van der Waals surface area (Å²) in [5.41, 5.74) is 11.6. The summed E-state index contributed by atoms with van der Waals surface area (Å²) in [6.07, 6.45) is 0. The zero-order chi connectivity index (χ0) is 9.84. The highest BCUT2D eigenvalue weighted by Gasteiger charge is 2.03. The average molecular weight is 240 g/mol. The van der Waals surface area contributed by atoms with Crippen LogP contribution in [0.25, 0.3) is 10.4 Å². The molecule has 1 rings (SSSR count). The minimum atomic E-state index is 0.418. The van der Waals surface area contributed by atoms with Gasteiger partial charge in [-0.1, -0.05) is 33.2 Å². The van der Waals surface area contributed by atoms with Crippen LogP contribution in [-0.4, -0.2) is 0 Å². The summed E-state index contributed by atoms with van der Waals surface area (Å²) in [5.74, 6) is 0. The van der Waals surface area contributed by atoms with Crippen molar-refractivity contribution in [2.75, 3.05) is 0 Å². The molecule has 1 aromatic rings. The van der Waals surface area contributed by atoms with Crippen LogP contribution in [0.15, 0.2) is 21.7 Å². The van der Waals surface area contributed by atoms with Crippen molar-refractivity contribution in [3.05, 3.63) is 43.7 Å². The third kappa shape index (κ3) is 2.23. The van der Waals surface area contributed by atoms with E-state index in [0.29, 0.717) is 6.54 Å². The topological polar surface area (TPSA) is 48.8 Å². The van der Waals surface area contributed by atoms with Gasteiger partial charge in [0.25, 0.3) is 0 Å². The maximum atomic E-state index is 8.19. The Labute approximate surface area is 85.5 Å². The second-order valence-electron chi connectivity index (χ2n) is 2.87. The van der Waals surface area contributed by atoms with E-state index >= 15 is 0 Å². The zero-order valence-electron chi connectivity index (χ0n) is 7.58. The maximum Gasteiger partial charge on any atom is 0.0513 e. The number of hydrogen-bond acceptors (Lipinski definition) is 1. The summed E-state index contributed by atoms with van der Waals surface area (Å²) in [4.78, 5) is 2.73. The predicted molar refractivity (Wildman–Crippen MR) is 56.5 cm³/mol. The van der Waals surface area contributed by atoms with Gasteiger partial charge in [0.15, 0.2) is 0 Å². The van der Waals surface area contributed by atoms with Gasteiger partial charge in [0, 0.05) is 9.38 Å². The SMILES string of the molecule is Cc1ccc(CN=[N+]=[N-])c(C)c1Br. The third-order valence-electron chi connectivity index (χ3n) is 2.00. The Morgan fingerprint density at radius 2 is 2.15 bits per heavy atom. The quantitative estimate of drug-likeness (QED) is 0.428. The fourth-order valence-corrected chi connectivity index (χ4v) is 1.53. The molecule has 0 aliphatic rings. The molecule has 0 bridgehead atoms. The van der Waals surface area contributed by atoms with E-state index in [1.807, 2.05) is 26.0 Å². The Bertz CT molecular complexity index is 367. The minimum absolute atomic E-state index is 0.418. The van der Waals surface area contributed by atoms with Crippen LogP contribution in [0.3, 0.4) is 0 Å². The normalized spacial score (nSPS) is 9.46. The number of nitrogens with zero attached hydrogens (tertiary/aromatic N) is 3. The lowest BCUT2D eigenvalue weighted by Gasteiger charge is -2.07. The summed E-state index contributed by atoms with van der Waals surface area (Å²) < 4.78 is 1.10. The van der Waals surface area contributed by atoms with Gasteiger partial charge in [-0.15, -0.1) is 0 Å². The van der Waals surface area contributed by atoms with E-state index < -0.39 is 0 Å². The Hall–Kier alpha value is -0.990. The summed E-state index contributed by atoms with van der Waals surface area (Å²) in [5, 5.41) is 3.53. The highest BCUT2D eigenvalue weighted by Crippen LogP contribution is 2.24. The number of halogens is 1. The molecule has 0 radical (unpaired) electrons. The maximum absolute atomic E-state index is 8.19. The van der Waals surface area contributed by atoms with Crippen LogP contribution < -0.4 is 0 Å². The van der Waals surface area contributed by atoms with Crippen molar-refractivity contribution in [2.45, 2.75) is 20.4 Å². The van der Waals surface area contributed by atoms with Crippen LogP contribution in [-0.2, 0) is 6.54 Å². The Morgan fingerprint density at radius 3 is 2.77 bits per heavy atom. The highest BCUT2D eigenvalue weighted by atomic mass is 79.9. The first-order chi connectivity index (χ1) is 6.16. The fourth-order valence-electron chi connectivity index (χ4n) is 1.14. The van der Waals surface area contributed by atoms with Gasteiger partial charge in [-0.2, -0.15) is 0 Å². The molecule has 0 aliphatic heterocycles. The minimum Gasteiger partial charge on any atom is -0.0893 e. The second kappa shape index (κ2) is 4.30. The van der Waals surface area contributed by atoms with E-state index in [-0.39, 0.29) is 0 Å². The van der Waals surface area contributed by atoms with Gasteiger partial charge in [0.05, 0.1) is 6.54 Å². The van der Waals surface area contributed by atoms with E-state index in [1.165, 1.54) is 5.56 Å². The summed E-state index contributed by atoms with van der Waals surface area (Å²) in [6, 6.07) is 4.00. The van der Waals surface area contributed by atoms with Gasteiger partial charge >= 0.3 is 0 Å². The van der Waals surface area contributed by atoms with Crippen molar-refractivity contribution in [1.29, 1.82) is 0 Å². The first kappa shape index (κ1) is 10.1. The van der Waals surface area contributed by atoms with Crippen molar-refractivity contribution >= 4 is 15.9 Å². The molecular weight excluding hydrogens is 230 g/mol. The standard InChI is InChI=1S/C9H10BrN3/c1-6-3-4-8(5-12-13-11)7(2)9(6)10/h3-4H,5H2,1-2H3. The van der Waals surface area contributed by atoms with Crippen LogP contribution in [0.2, 0.25) is 0 Å². The van der Waals surface area contributed by atoms with E-state index in [1.54, 1.807) is 0 Å². The molecule has 0 aromatic heterocycles. The molecule has 1 aromatic carbocycles. The monoisotopic (exact) mass is 239 g/mol. The number of aryl methyl sites for hydroxylation is 1. The molecule has 0 saturated carbocycles. The van der Waals surface area contributed by atoms with E-state index in [9.17, 15) is 0 Å². The number of rotatable bonds is 2. The van der Waals surface area contributed by atoms with Crippen LogP contribution in [0.4, 0.5) is 0 Å². The zero-order valence-corrected chi connectivity index (χ0v) is 9.17. The molecule has 0 heterocycles. The van der Waals surface area contributed by atoms with E-state index in [4.69, 9.17) is 5.53 Å². The van der Waals surface area contributed by atoms with Crippen LogP contribution in [0.1, 0.15) is 16.7 Å². The van der Waals surface area contributed by atoms with E-state index in [0.717, 1.165) is 15.6 Å². The molecular formula is C9H10BrN3. The molecule has 4 heteroatoms. The molecule has 0 saturated heterocycles. The molecule has 0 unspecified atom stereocenters. The molecule has 0 spiro atoms. The lowest BCUT2D eigenvalue weighted by molar-refractivity contribution is 1.02. The molecule has 3 nitrogen and oxygen atoms in total. The van der Waals surface area contributed by atoms with E-state index in [2.05, 4.69) is 26.0 Å². The lowest BCUT2D eigenvalue weighted by Crippen LogP contribution is -1.90. The smallest absolute Gasteiger partial charge is 0.0513 e. The molecule has 68 valence electrons. The molecule has 0 atom stereocenters. The molecule has 0 amide bonds. The Kier molecular flexibility index (Phi) is 3.34. The third-order valence-corrected chi connectivity index (χ3v) is 3.22. The summed E-state index contributed by atoms with van der Waals surface area (Å²) in [7, 11) is 0. The first-order valence-electron chi connectivity index (χ1n) is 3.92. The van der Waals surface area contributed by atoms with Crippen molar-refractivity contribution in [2.24, 2.45) is 5.11 Å². The van der Waals surface area contributed by atoms with Crippen LogP contribution in [0.5, 0.6) is 0 Å². The van der Waals surface area contributed by atoms with Gasteiger partial charge < -0.3 is 0 Å². The summed E-state index contributed by atoms with van der Waals surface area (Å²) >= 11 is 3.49. The summed E-state index contributed by atoms with van der Waals surface area (Å²) in [6.45, 7) is 4.47. The van der Waals surface area contributed by atoms with Gasteiger partial charge in [-0.05, 0) is 36.1 Å². The average Bonchev–Trinajstić information content (AvgIpc) is 2.13. The van der Waals surface area contributed by atoms with Crippen molar-refractivity contribution < 1.29 is 0 Å². The van der Waals surface area contributed by atoms with Gasteiger partial charge in [0.1, 0.15) is 0 Å².